The Bertz CT molecular complexity index is 619. The number of aromatic amines is 1. The van der Waals surface area contributed by atoms with Crippen molar-refractivity contribution in [3.63, 3.8) is 0 Å². The molecular formula is C12H12N4O2. The normalized spacial score (nSPS) is 18.9. The molecule has 1 aromatic carbocycles. The van der Waals surface area contributed by atoms with E-state index in [4.69, 9.17) is 0 Å². The number of carbonyl (C=O) groups is 2. The fraction of sp³-hybridized carbons (Fsp3) is 0.250. The quantitative estimate of drug-likeness (QED) is 0.724. The summed E-state index contributed by atoms with van der Waals surface area (Å²) in [7, 11) is 0. The van der Waals surface area contributed by atoms with Crippen molar-refractivity contribution >= 4 is 28.4 Å². The van der Waals surface area contributed by atoms with Crippen LogP contribution in [0.3, 0.4) is 0 Å². The van der Waals surface area contributed by atoms with Crippen LogP contribution in [-0.2, 0) is 9.59 Å². The Hall–Kier alpha value is -2.37. The fourth-order valence-electron chi connectivity index (χ4n) is 2.10. The molecule has 18 heavy (non-hydrogen) atoms. The predicted octanol–water partition coefficient (Wildman–Crippen LogP) is 0.638. The van der Waals surface area contributed by atoms with Crippen molar-refractivity contribution in [1.82, 2.24) is 15.5 Å². The van der Waals surface area contributed by atoms with Gasteiger partial charge in [-0.05, 0) is 6.07 Å². The average molecular weight is 244 g/mol. The Kier molecular flexibility index (Phi) is 2.47. The van der Waals surface area contributed by atoms with Gasteiger partial charge in [-0.2, -0.15) is 5.10 Å². The number of benzene rings is 1. The van der Waals surface area contributed by atoms with Crippen LogP contribution < -0.4 is 10.6 Å². The number of hydrogen-bond donors (Lipinski definition) is 3. The smallest absolute Gasteiger partial charge is 0.229 e. The molecule has 0 saturated carbocycles. The van der Waals surface area contributed by atoms with Crippen LogP contribution in [0.2, 0.25) is 0 Å². The van der Waals surface area contributed by atoms with Crippen molar-refractivity contribution in [2.45, 2.75) is 6.42 Å². The average Bonchev–Trinajstić information content (AvgIpc) is 2.97. The van der Waals surface area contributed by atoms with Gasteiger partial charge < -0.3 is 10.6 Å². The molecule has 1 saturated heterocycles. The highest BCUT2D eigenvalue weighted by Crippen LogP contribution is 2.21. The second-order valence-electron chi connectivity index (χ2n) is 4.33. The molecule has 92 valence electrons. The van der Waals surface area contributed by atoms with Gasteiger partial charge in [0.05, 0.1) is 23.3 Å². The van der Waals surface area contributed by atoms with Crippen molar-refractivity contribution in [3.05, 3.63) is 24.4 Å². The lowest BCUT2D eigenvalue weighted by Crippen LogP contribution is -2.24. The van der Waals surface area contributed by atoms with Crippen LogP contribution in [0.25, 0.3) is 10.9 Å². The highest BCUT2D eigenvalue weighted by molar-refractivity contribution is 6.02. The highest BCUT2D eigenvalue weighted by atomic mass is 16.2. The van der Waals surface area contributed by atoms with Gasteiger partial charge in [-0.25, -0.2) is 0 Å². The molecule has 3 rings (SSSR count). The van der Waals surface area contributed by atoms with Crippen molar-refractivity contribution in [1.29, 1.82) is 0 Å². The number of fused-ring (bicyclic) bond motifs is 1. The maximum absolute atomic E-state index is 12.0. The minimum absolute atomic E-state index is 0.0742. The maximum atomic E-state index is 12.0. The minimum Gasteiger partial charge on any atom is -0.355 e. The number of hydrogen-bond acceptors (Lipinski definition) is 3. The molecule has 1 unspecified atom stereocenters. The summed E-state index contributed by atoms with van der Waals surface area (Å²) in [5, 5.41) is 13.2. The van der Waals surface area contributed by atoms with Crippen molar-refractivity contribution in [2.75, 3.05) is 11.9 Å². The number of anilines is 1. The first-order chi connectivity index (χ1) is 8.74. The molecule has 6 heteroatoms. The monoisotopic (exact) mass is 244 g/mol. The third-order valence-electron chi connectivity index (χ3n) is 3.08. The maximum Gasteiger partial charge on any atom is 0.229 e. The molecule has 1 aliphatic rings. The van der Waals surface area contributed by atoms with Crippen molar-refractivity contribution in [3.8, 4) is 0 Å². The first-order valence-electron chi connectivity index (χ1n) is 5.74. The third kappa shape index (κ3) is 1.81. The first kappa shape index (κ1) is 10.8. The van der Waals surface area contributed by atoms with E-state index in [9.17, 15) is 9.59 Å². The van der Waals surface area contributed by atoms with E-state index in [-0.39, 0.29) is 24.2 Å². The van der Waals surface area contributed by atoms with Gasteiger partial charge in [0.2, 0.25) is 11.8 Å². The molecule has 0 bridgehead atoms. The molecule has 1 atom stereocenters. The van der Waals surface area contributed by atoms with Gasteiger partial charge in [0.1, 0.15) is 0 Å². The van der Waals surface area contributed by atoms with E-state index in [1.54, 1.807) is 6.20 Å². The van der Waals surface area contributed by atoms with Crippen molar-refractivity contribution < 1.29 is 9.59 Å². The van der Waals surface area contributed by atoms with Gasteiger partial charge in [0.15, 0.2) is 0 Å². The molecule has 2 aromatic rings. The summed E-state index contributed by atoms with van der Waals surface area (Å²) in [4.78, 5) is 23.1. The zero-order chi connectivity index (χ0) is 12.5. The second-order valence-corrected chi connectivity index (χ2v) is 4.33. The Morgan fingerprint density at radius 2 is 2.33 bits per heavy atom. The van der Waals surface area contributed by atoms with Gasteiger partial charge in [0.25, 0.3) is 0 Å². The van der Waals surface area contributed by atoms with Gasteiger partial charge in [0, 0.05) is 18.4 Å². The predicted molar refractivity (Wildman–Crippen MR) is 65.8 cm³/mol. The molecule has 3 N–H and O–H groups in total. The molecule has 0 radical (unpaired) electrons. The Morgan fingerprint density at radius 1 is 1.44 bits per heavy atom. The number of nitrogens with zero attached hydrogens (tertiary/aromatic N) is 1. The van der Waals surface area contributed by atoms with Gasteiger partial charge in [-0.3, -0.25) is 14.7 Å². The van der Waals surface area contributed by atoms with Gasteiger partial charge in [-0.15, -0.1) is 0 Å². The minimum atomic E-state index is -0.296. The summed E-state index contributed by atoms with van der Waals surface area (Å²) in [6, 6.07) is 5.57. The molecule has 2 amide bonds. The van der Waals surface area contributed by atoms with Crippen LogP contribution in [-0.4, -0.2) is 28.6 Å². The molecule has 1 aliphatic heterocycles. The number of nitrogens with one attached hydrogen (secondary N) is 3. The van der Waals surface area contributed by atoms with E-state index in [0.29, 0.717) is 12.2 Å². The topological polar surface area (TPSA) is 86.9 Å². The summed E-state index contributed by atoms with van der Waals surface area (Å²) < 4.78 is 0. The van der Waals surface area contributed by atoms with Crippen molar-refractivity contribution in [2.24, 2.45) is 5.92 Å². The van der Waals surface area contributed by atoms with Crippen LogP contribution in [0, 0.1) is 5.92 Å². The SMILES string of the molecule is O=C1CC(C(=O)Nc2cccc3cn[nH]c23)CN1. The molecule has 1 aromatic heterocycles. The molecule has 6 nitrogen and oxygen atoms in total. The standard InChI is InChI=1S/C12H12N4O2/c17-10-4-8(5-13-10)12(18)15-9-3-1-2-7-6-14-16-11(7)9/h1-3,6,8H,4-5H2,(H,13,17)(H,14,16)(H,15,18). The Labute approximate surface area is 103 Å². The summed E-state index contributed by atoms with van der Waals surface area (Å²) in [5.74, 6) is -0.513. The number of H-pyrrole nitrogens is 1. The van der Waals surface area contributed by atoms with Crippen LogP contribution in [0.5, 0.6) is 0 Å². The van der Waals surface area contributed by atoms with E-state index in [1.165, 1.54) is 0 Å². The lowest BCUT2D eigenvalue weighted by Gasteiger charge is -2.09. The van der Waals surface area contributed by atoms with Crippen LogP contribution in [0.4, 0.5) is 5.69 Å². The molecule has 0 aliphatic carbocycles. The summed E-state index contributed by atoms with van der Waals surface area (Å²) >= 11 is 0. The molecule has 1 fully saturated rings. The second kappa shape index (κ2) is 4.14. The first-order valence-corrected chi connectivity index (χ1v) is 5.74. The molecular weight excluding hydrogens is 232 g/mol. The number of rotatable bonds is 2. The number of aromatic nitrogens is 2. The number of amides is 2. The van der Waals surface area contributed by atoms with Crippen LogP contribution in [0.15, 0.2) is 24.4 Å². The summed E-state index contributed by atoms with van der Waals surface area (Å²) in [5.41, 5.74) is 1.48. The van der Waals surface area contributed by atoms with E-state index in [0.717, 1.165) is 10.9 Å². The Morgan fingerprint density at radius 3 is 3.11 bits per heavy atom. The number of para-hydroxylation sites is 1. The largest absolute Gasteiger partial charge is 0.355 e. The van der Waals surface area contributed by atoms with E-state index in [1.807, 2.05) is 18.2 Å². The van der Waals surface area contributed by atoms with Crippen LogP contribution in [0.1, 0.15) is 6.42 Å². The zero-order valence-electron chi connectivity index (χ0n) is 9.56. The lowest BCUT2D eigenvalue weighted by atomic mass is 10.1. The molecule has 2 heterocycles. The summed E-state index contributed by atoms with van der Waals surface area (Å²) in [6.07, 6.45) is 1.95. The van der Waals surface area contributed by atoms with Gasteiger partial charge in [-0.1, -0.05) is 12.1 Å². The van der Waals surface area contributed by atoms with E-state index < -0.39 is 0 Å². The fourth-order valence-corrected chi connectivity index (χ4v) is 2.10. The van der Waals surface area contributed by atoms with Crippen LogP contribution >= 0.6 is 0 Å². The Balaban J connectivity index is 1.82. The highest BCUT2D eigenvalue weighted by Gasteiger charge is 2.28. The van der Waals surface area contributed by atoms with Gasteiger partial charge >= 0.3 is 0 Å². The third-order valence-corrected chi connectivity index (χ3v) is 3.08. The van der Waals surface area contributed by atoms with E-state index >= 15 is 0 Å². The summed E-state index contributed by atoms with van der Waals surface area (Å²) in [6.45, 7) is 0.406. The van der Waals surface area contributed by atoms with E-state index in [2.05, 4.69) is 20.8 Å². The molecule has 0 spiro atoms. The number of carbonyl (C=O) groups excluding carboxylic acids is 2. The zero-order valence-corrected chi connectivity index (χ0v) is 9.56. The lowest BCUT2D eigenvalue weighted by molar-refractivity contribution is -0.123.